The highest BCUT2D eigenvalue weighted by Crippen LogP contribution is 2.25. The Balaban J connectivity index is 2.56. The van der Waals surface area contributed by atoms with Crippen molar-refractivity contribution in [3.05, 3.63) is 28.8 Å². The van der Waals surface area contributed by atoms with E-state index in [1.54, 1.807) is 18.9 Å². The van der Waals surface area contributed by atoms with Crippen molar-refractivity contribution in [3.8, 4) is 0 Å². The molecule has 0 saturated heterocycles. The van der Waals surface area contributed by atoms with E-state index in [4.69, 9.17) is 21.4 Å². The van der Waals surface area contributed by atoms with Crippen LogP contribution in [0.2, 0.25) is 5.02 Å². The fraction of sp³-hybridized carbons (Fsp3) is 0.500. The van der Waals surface area contributed by atoms with E-state index in [9.17, 15) is 0 Å². The summed E-state index contributed by atoms with van der Waals surface area (Å²) in [6.07, 6.45) is 0. The highest BCUT2D eigenvalue weighted by Gasteiger charge is 2.03. The molecule has 5 heteroatoms. The first-order valence-corrected chi connectivity index (χ1v) is 6.86. The first-order chi connectivity index (χ1) is 8.27. The quantitative estimate of drug-likeness (QED) is 0.564. The third kappa shape index (κ3) is 5.75. The smallest absolute Gasteiger partial charge is 0.0587 e. The summed E-state index contributed by atoms with van der Waals surface area (Å²) in [7, 11) is 1.68. The number of aliphatic hydroxyl groups excluding tert-OH is 1. The molecule has 0 saturated carbocycles. The van der Waals surface area contributed by atoms with Crippen molar-refractivity contribution in [2.75, 3.05) is 32.6 Å². The van der Waals surface area contributed by atoms with Crippen LogP contribution < -0.4 is 5.32 Å². The van der Waals surface area contributed by atoms with E-state index >= 15 is 0 Å². The van der Waals surface area contributed by atoms with Crippen LogP contribution in [0.5, 0.6) is 0 Å². The lowest BCUT2D eigenvalue weighted by Gasteiger charge is -2.10. The number of rotatable bonds is 8. The predicted octanol–water partition coefficient (Wildman–Crippen LogP) is 2.16. The van der Waals surface area contributed by atoms with Gasteiger partial charge in [0.1, 0.15) is 0 Å². The molecular formula is C12H18ClNO2S. The zero-order valence-corrected chi connectivity index (χ0v) is 11.5. The van der Waals surface area contributed by atoms with Gasteiger partial charge in [0.2, 0.25) is 0 Å². The largest absolute Gasteiger partial charge is 0.396 e. The van der Waals surface area contributed by atoms with E-state index in [1.165, 1.54) is 0 Å². The Labute approximate surface area is 112 Å². The molecule has 3 nitrogen and oxygen atoms in total. The third-order valence-electron chi connectivity index (χ3n) is 2.17. The van der Waals surface area contributed by atoms with Gasteiger partial charge in [0, 0.05) is 35.9 Å². The van der Waals surface area contributed by atoms with E-state index < -0.39 is 0 Å². The van der Waals surface area contributed by atoms with E-state index in [0.29, 0.717) is 12.4 Å². The summed E-state index contributed by atoms with van der Waals surface area (Å²) in [4.78, 5) is 1.16. The maximum absolute atomic E-state index is 8.84. The minimum absolute atomic E-state index is 0.184. The molecule has 1 aromatic carbocycles. The SMILES string of the molecule is COCCNCc1cc(Cl)ccc1SCCO. The summed E-state index contributed by atoms with van der Waals surface area (Å²) in [5.41, 5.74) is 1.16. The molecule has 1 rings (SSSR count). The zero-order valence-electron chi connectivity index (χ0n) is 9.91. The topological polar surface area (TPSA) is 41.5 Å². The van der Waals surface area contributed by atoms with Crippen molar-refractivity contribution in [1.29, 1.82) is 0 Å². The summed E-state index contributed by atoms with van der Waals surface area (Å²) in [6, 6.07) is 5.83. The number of nitrogens with one attached hydrogen (secondary N) is 1. The summed E-state index contributed by atoms with van der Waals surface area (Å²) in [6.45, 7) is 2.45. The van der Waals surface area contributed by atoms with Crippen molar-refractivity contribution in [1.82, 2.24) is 5.32 Å². The Morgan fingerprint density at radius 1 is 1.47 bits per heavy atom. The number of ether oxygens (including phenoxy) is 1. The maximum atomic E-state index is 8.84. The summed E-state index contributed by atoms with van der Waals surface area (Å²) in [5.74, 6) is 0.701. The van der Waals surface area contributed by atoms with Gasteiger partial charge in [-0.15, -0.1) is 11.8 Å². The molecule has 0 aliphatic carbocycles. The van der Waals surface area contributed by atoms with Crippen LogP contribution in [0.3, 0.4) is 0 Å². The zero-order chi connectivity index (χ0) is 12.5. The molecule has 0 fully saturated rings. The van der Waals surface area contributed by atoms with Crippen LogP contribution in [0.4, 0.5) is 0 Å². The van der Waals surface area contributed by atoms with E-state index in [-0.39, 0.29) is 6.61 Å². The van der Waals surface area contributed by atoms with Crippen LogP contribution in [0.1, 0.15) is 5.56 Å². The molecule has 1 aromatic rings. The molecule has 0 heterocycles. The number of aliphatic hydroxyl groups is 1. The number of hydrogen-bond donors (Lipinski definition) is 2. The second-order valence-corrected chi connectivity index (χ2v) is 5.07. The molecule has 0 atom stereocenters. The van der Waals surface area contributed by atoms with Crippen molar-refractivity contribution >= 4 is 23.4 Å². The first-order valence-electron chi connectivity index (χ1n) is 5.49. The molecule has 2 N–H and O–H groups in total. The van der Waals surface area contributed by atoms with Gasteiger partial charge in [-0.1, -0.05) is 11.6 Å². The summed E-state index contributed by atoms with van der Waals surface area (Å²) in [5, 5.41) is 12.9. The fourth-order valence-corrected chi connectivity index (χ4v) is 2.37. The second kappa shape index (κ2) is 8.78. The summed E-state index contributed by atoms with van der Waals surface area (Å²) < 4.78 is 4.97. The number of thioether (sulfide) groups is 1. The number of hydrogen-bond acceptors (Lipinski definition) is 4. The van der Waals surface area contributed by atoms with Gasteiger partial charge in [0.25, 0.3) is 0 Å². The van der Waals surface area contributed by atoms with Crippen LogP contribution in [0.15, 0.2) is 23.1 Å². The lowest BCUT2D eigenvalue weighted by atomic mass is 10.2. The van der Waals surface area contributed by atoms with Crippen LogP contribution in [-0.4, -0.2) is 37.7 Å². The molecule has 0 radical (unpaired) electrons. The Bertz CT molecular complexity index is 336. The predicted molar refractivity (Wildman–Crippen MR) is 72.8 cm³/mol. The van der Waals surface area contributed by atoms with Gasteiger partial charge in [-0.2, -0.15) is 0 Å². The molecule has 0 aromatic heterocycles. The van der Waals surface area contributed by atoms with Gasteiger partial charge >= 0.3 is 0 Å². The fourth-order valence-electron chi connectivity index (χ4n) is 1.38. The van der Waals surface area contributed by atoms with Crippen LogP contribution in [-0.2, 0) is 11.3 Å². The van der Waals surface area contributed by atoms with Gasteiger partial charge in [0.15, 0.2) is 0 Å². The molecule has 0 bridgehead atoms. The van der Waals surface area contributed by atoms with Crippen molar-refractivity contribution in [2.45, 2.75) is 11.4 Å². The molecular weight excluding hydrogens is 258 g/mol. The molecule has 0 spiro atoms. The van der Waals surface area contributed by atoms with E-state index in [0.717, 1.165) is 28.6 Å². The van der Waals surface area contributed by atoms with Crippen molar-refractivity contribution < 1.29 is 9.84 Å². The average molecular weight is 276 g/mol. The Morgan fingerprint density at radius 2 is 2.29 bits per heavy atom. The van der Waals surface area contributed by atoms with Gasteiger partial charge < -0.3 is 15.2 Å². The molecule has 96 valence electrons. The van der Waals surface area contributed by atoms with Gasteiger partial charge in [0.05, 0.1) is 13.2 Å². The Hall–Kier alpha value is -0.260. The lowest BCUT2D eigenvalue weighted by molar-refractivity contribution is 0.199. The van der Waals surface area contributed by atoms with Gasteiger partial charge in [-0.05, 0) is 23.8 Å². The first kappa shape index (κ1) is 14.8. The van der Waals surface area contributed by atoms with Crippen LogP contribution in [0, 0.1) is 0 Å². The van der Waals surface area contributed by atoms with E-state index in [1.807, 2.05) is 18.2 Å². The number of benzene rings is 1. The second-order valence-electron chi connectivity index (χ2n) is 3.49. The number of methoxy groups -OCH3 is 1. The van der Waals surface area contributed by atoms with Crippen LogP contribution in [0.25, 0.3) is 0 Å². The highest BCUT2D eigenvalue weighted by molar-refractivity contribution is 7.99. The van der Waals surface area contributed by atoms with Gasteiger partial charge in [-0.3, -0.25) is 0 Å². The molecule has 0 aliphatic heterocycles. The monoisotopic (exact) mass is 275 g/mol. The summed E-state index contributed by atoms with van der Waals surface area (Å²) >= 11 is 7.62. The van der Waals surface area contributed by atoms with Crippen LogP contribution >= 0.6 is 23.4 Å². The normalized spacial score (nSPS) is 10.8. The van der Waals surface area contributed by atoms with Crippen molar-refractivity contribution in [2.24, 2.45) is 0 Å². The average Bonchev–Trinajstić information content (AvgIpc) is 2.33. The van der Waals surface area contributed by atoms with Crippen molar-refractivity contribution in [3.63, 3.8) is 0 Å². The maximum Gasteiger partial charge on any atom is 0.0587 e. The number of halogens is 1. The molecule has 17 heavy (non-hydrogen) atoms. The molecule has 0 aliphatic rings. The third-order valence-corrected chi connectivity index (χ3v) is 3.50. The Morgan fingerprint density at radius 3 is 3.00 bits per heavy atom. The van der Waals surface area contributed by atoms with Gasteiger partial charge in [-0.25, -0.2) is 0 Å². The highest BCUT2D eigenvalue weighted by atomic mass is 35.5. The standard InChI is InChI=1S/C12H18ClNO2S/c1-16-6-4-14-9-10-8-11(13)2-3-12(10)17-7-5-15/h2-3,8,14-15H,4-7,9H2,1H3. The molecule has 0 amide bonds. The lowest BCUT2D eigenvalue weighted by Crippen LogP contribution is -2.18. The molecule has 0 unspecified atom stereocenters. The van der Waals surface area contributed by atoms with E-state index in [2.05, 4.69) is 5.32 Å². The minimum atomic E-state index is 0.184. The Kier molecular flexibility index (Phi) is 7.64. The minimum Gasteiger partial charge on any atom is -0.396 e.